The molecule has 1 saturated carbocycles. The van der Waals surface area contributed by atoms with Gasteiger partial charge in [-0.2, -0.15) is 0 Å². The maximum Gasteiger partial charge on any atom is 0.241 e. The summed E-state index contributed by atoms with van der Waals surface area (Å²) in [6.45, 7) is 4.10. The van der Waals surface area contributed by atoms with E-state index in [4.69, 9.17) is 0 Å². The topological polar surface area (TPSA) is 32.3 Å². The number of carbonyl (C=O) groups excluding carboxylic acids is 1. The summed E-state index contributed by atoms with van der Waals surface area (Å²) in [5.74, 6) is 0.159. The van der Waals surface area contributed by atoms with Crippen LogP contribution in [0.4, 0.5) is 4.39 Å². The number of benzene rings is 1. The second-order valence-corrected chi connectivity index (χ2v) is 6.53. The Morgan fingerprint density at radius 1 is 1.29 bits per heavy atom. The van der Waals surface area contributed by atoms with Gasteiger partial charge in [0.25, 0.3) is 0 Å². The zero-order chi connectivity index (χ0) is 15.0. The van der Waals surface area contributed by atoms with Gasteiger partial charge >= 0.3 is 0 Å². The number of rotatable bonds is 3. The van der Waals surface area contributed by atoms with E-state index < -0.39 is 0 Å². The van der Waals surface area contributed by atoms with E-state index in [1.54, 1.807) is 6.07 Å². The Balaban J connectivity index is 1.93. The monoisotopic (exact) mass is 290 g/mol. The van der Waals surface area contributed by atoms with E-state index in [-0.39, 0.29) is 29.8 Å². The van der Waals surface area contributed by atoms with Crippen LogP contribution in [0, 0.1) is 11.7 Å². The van der Waals surface area contributed by atoms with Gasteiger partial charge in [-0.3, -0.25) is 10.1 Å². The van der Waals surface area contributed by atoms with Crippen molar-refractivity contribution >= 4 is 5.91 Å². The summed E-state index contributed by atoms with van der Waals surface area (Å²) in [4.78, 5) is 14.8. The molecule has 0 bridgehead atoms. The summed E-state index contributed by atoms with van der Waals surface area (Å²) in [5, 5.41) is 3.42. The summed E-state index contributed by atoms with van der Waals surface area (Å²) >= 11 is 0. The minimum absolute atomic E-state index is 0.168. The highest BCUT2D eigenvalue weighted by Crippen LogP contribution is 2.35. The fourth-order valence-electron chi connectivity index (χ4n) is 3.59. The van der Waals surface area contributed by atoms with Crippen molar-refractivity contribution in [2.24, 2.45) is 5.92 Å². The minimum Gasteiger partial charge on any atom is -0.319 e. The molecule has 2 atom stereocenters. The normalized spacial score (nSPS) is 27.0. The van der Waals surface area contributed by atoms with E-state index in [2.05, 4.69) is 19.2 Å². The molecule has 0 spiro atoms. The van der Waals surface area contributed by atoms with E-state index in [0.717, 1.165) is 18.4 Å². The lowest BCUT2D eigenvalue weighted by atomic mass is 10.0. The van der Waals surface area contributed by atoms with Crippen molar-refractivity contribution in [3.63, 3.8) is 0 Å². The number of amides is 1. The number of hydrogen-bond acceptors (Lipinski definition) is 2. The Labute approximate surface area is 125 Å². The Hall–Kier alpha value is -1.42. The molecule has 0 radical (unpaired) electrons. The SMILES string of the molecule is CC(C)C1NC(c2cccc(F)c2)N(C2CCCC2)C1=O. The third-order valence-corrected chi connectivity index (χ3v) is 4.69. The molecule has 3 nitrogen and oxygen atoms in total. The van der Waals surface area contributed by atoms with E-state index >= 15 is 0 Å². The van der Waals surface area contributed by atoms with Crippen LogP contribution < -0.4 is 5.32 Å². The zero-order valence-electron chi connectivity index (χ0n) is 12.7. The minimum atomic E-state index is -0.249. The Morgan fingerprint density at radius 2 is 2.00 bits per heavy atom. The average molecular weight is 290 g/mol. The van der Waals surface area contributed by atoms with E-state index in [9.17, 15) is 9.18 Å². The van der Waals surface area contributed by atoms with Crippen LogP contribution in [0.25, 0.3) is 0 Å². The third kappa shape index (κ3) is 2.69. The molecule has 3 rings (SSSR count). The molecule has 1 saturated heterocycles. The van der Waals surface area contributed by atoms with Gasteiger partial charge in [0.2, 0.25) is 5.91 Å². The summed E-state index contributed by atoms with van der Waals surface area (Å²) in [5.41, 5.74) is 0.846. The fourth-order valence-corrected chi connectivity index (χ4v) is 3.59. The second kappa shape index (κ2) is 5.76. The van der Waals surface area contributed by atoms with Gasteiger partial charge < -0.3 is 4.90 Å². The number of carbonyl (C=O) groups is 1. The molecule has 2 unspecified atom stereocenters. The Bertz CT molecular complexity index is 525. The maximum absolute atomic E-state index is 13.5. The van der Waals surface area contributed by atoms with Gasteiger partial charge in [-0.1, -0.05) is 38.8 Å². The summed E-state index contributed by atoms with van der Waals surface area (Å²) in [6, 6.07) is 6.72. The molecule has 1 amide bonds. The predicted octanol–water partition coefficient (Wildman–Crippen LogP) is 3.22. The molecule has 1 aromatic carbocycles. The molecule has 1 aromatic rings. The maximum atomic E-state index is 13.5. The van der Waals surface area contributed by atoms with Gasteiger partial charge in [0, 0.05) is 6.04 Å². The molecule has 114 valence electrons. The number of halogens is 1. The Morgan fingerprint density at radius 3 is 2.62 bits per heavy atom. The third-order valence-electron chi connectivity index (χ3n) is 4.69. The van der Waals surface area contributed by atoms with E-state index in [1.807, 2.05) is 11.0 Å². The first-order valence-electron chi connectivity index (χ1n) is 7.91. The van der Waals surface area contributed by atoms with Crippen LogP contribution in [0.5, 0.6) is 0 Å². The first-order valence-corrected chi connectivity index (χ1v) is 7.91. The number of nitrogens with zero attached hydrogens (tertiary/aromatic N) is 1. The average Bonchev–Trinajstić information content (AvgIpc) is 3.05. The molecule has 4 heteroatoms. The lowest BCUT2D eigenvalue weighted by Gasteiger charge is -2.30. The molecule has 1 N–H and O–H groups in total. The van der Waals surface area contributed by atoms with Crippen molar-refractivity contribution in [2.75, 3.05) is 0 Å². The highest BCUT2D eigenvalue weighted by Gasteiger charge is 2.44. The molecule has 1 heterocycles. The first-order chi connectivity index (χ1) is 10.1. The number of hydrogen-bond donors (Lipinski definition) is 1. The van der Waals surface area contributed by atoms with Gasteiger partial charge in [0.05, 0.1) is 6.04 Å². The molecule has 1 aliphatic carbocycles. The van der Waals surface area contributed by atoms with Crippen molar-refractivity contribution in [3.8, 4) is 0 Å². The van der Waals surface area contributed by atoms with E-state index in [0.29, 0.717) is 6.04 Å². The number of nitrogens with one attached hydrogen (secondary N) is 1. The smallest absolute Gasteiger partial charge is 0.241 e. The van der Waals surface area contributed by atoms with Crippen LogP contribution in [-0.4, -0.2) is 22.9 Å². The van der Waals surface area contributed by atoms with Crippen molar-refractivity contribution in [2.45, 2.75) is 57.8 Å². The second-order valence-electron chi connectivity index (χ2n) is 6.53. The quantitative estimate of drug-likeness (QED) is 0.927. The van der Waals surface area contributed by atoms with Crippen LogP contribution in [0.1, 0.15) is 51.3 Å². The van der Waals surface area contributed by atoms with Crippen molar-refractivity contribution in [1.82, 2.24) is 10.2 Å². The van der Waals surface area contributed by atoms with Crippen molar-refractivity contribution in [3.05, 3.63) is 35.6 Å². The van der Waals surface area contributed by atoms with Crippen LogP contribution in [0.3, 0.4) is 0 Å². The van der Waals surface area contributed by atoms with Gasteiger partial charge in [-0.05, 0) is 36.5 Å². The fraction of sp³-hybridized carbons (Fsp3) is 0.588. The van der Waals surface area contributed by atoms with Gasteiger partial charge in [-0.25, -0.2) is 4.39 Å². The first kappa shape index (κ1) is 14.5. The summed E-state index contributed by atoms with van der Waals surface area (Å²) < 4.78 is 13.5. The summed E-state index contributed by atoms with van der Waals surface area (Å²) in [7, 11) is 0. The molecule has 2 fully saturated rings. The Kier molecular flexibility index (Phi) is 3.98. The predicted molar refractivity (Wildman–Crippen MR) is 80.0 cm³/mol. The van der Waals surface area contributed by atoms with Crippen LogP contribution in [0.15, 0.2) is 24.3 Å². The van der Waals surface area contributed by atoms with Crippen molar-refractivity contribution < 1.29 is 9.18 Å². The molecule has 2 aliphatic rings. The largest absolute Gasteiger partial charge is 0.319 e. The van der Waals surface area contributed by atoms with Crippen LogP contribution in [-0.2, 0) is 4.79 Å². The molecular formula is C17H23FN2O. The molecule has 21 heavy (non-hydrogen) atoms. The zero-order valence-corrected chi connectivity index (χ0v) is 12.7. The van der Waals surface area contributed by atoms with E-state index in [1.165, 1.54) is 25.0 Å². The molecule has 1 aliphatic heterocycles. The standard InChI is InChI=1S/C17H23FN2O/c1-11(2)15-17(21)20(14-8-3-4-9-14)16(19-15)12-6-5-7-13(18)10-12/h5-7,10-11,14-16,19H,3-4,8-9H2,1-2H3. The summed E-state index contributed by atoms with van der Waals surface area (Å²) in [6.07, 6.45) is 4.28. The highest BCUT2D eigenvalue weighted by molar-refractivity contribution is 5.85. The van der Waals surface area contributed by atoms with Gasteiger partial charge in [0.1, 0.15) is 12.0 Å². The lowest BCUT2D eigenvalue weighted by Crippen LogP contribution is -2.39. The molecule has 0 aromatic heterocycles. The van der Waals surface area contributed by atoms with Gasteiger partial charge in [0.15, 0.2) is 0 Å². The molecular weight excluding hydrogens is 267 g/mol. The van der Waals surface area contributed by atoms with Gasteiger partial charge in [-0.15, -0.1) is 0 Å². The van der Waals surface area contributed by atoms with Crippen LogP contribution >= 0.6 is 0 Å². The van der Waals surface area contributed by atoms with Crippen LogP contribution in [0.2, 0.25) is 0 Å². The lowest BCUT2D eigenvalue weighted by molar-refractivity contribution is -0.133. The van der Waals surface area contributed by atoms with Crippen molar-refractivity contribution in [1.29, 1.82) is 0 Å². The highest BCUT2D eigenvalue weighted by atomic mass is 19.1.